The van der Waals surface area contributed by atoms with Crippen LogP contribution in [-0.2, 0) is 21.6 Å². The number of ether oxygens (including phenoxy) is 1. The normalized spacial score (nSPS) is 12.0. The lowest BCUT2D eigenvalue weighted by Crippen LogP contribution is -2.11. The molecule has 8 heteroatoms. The fourth-order valence-corrected chi connectivity index (χ4v) is 3.96. The van der Waals surface area contributed by atoms with E-state index in [9.17, 15) is 8.42 Å². The zero-order valence-electron chi connectivity index (χ0n) is 13.2. The van der Waals surface area contributed by atoms with Crippen molar-refractivity contribution >= 4 is 36.8 Å². The fraction of sp³-hybridized carbons (Fsp3) is 0.250. The highest BCUT2D eigenvalue weighted by atomic mass is 79.9. The van der Waals surface area contributed by atoms with Gasteiger partial charge in [-0.15, -0.1) is 0 Å². The molecule has 0 aliphatic heterocycles. The van der Waals surface area contributed by atoms with Crippen molar-refractivity contribution < 1.29 is 13.2 Å². The number of fused-ring (bicyclic) bond motifs is 1. The lowest BCUT2D eigenvalue weighted by atomic mass is 10.1. The molecule has 0 radical (unpaired) electrons. The van der Waals surface area contributed by atoms with Crippen LogP contribution in [0.1, 0.15) is 0 Å². The van der Waals surface area contributed by atoms with Gasteiger partial charge in [0.2, 0.25) is 0 Å². The van der Waals surface area contributed by atoms with Gasteiger partial charge >= 0.3 is 0 Å². The first-order valence-electron chi connectivity index (χ1n) is 7.23. The van der Waals surface area contributed by atoms with Gasteiger partial charge in [-0.05, 0) is 34.1 Å². The summed E-state index contributed by atoms with van der Waals surface area (Å²) in [6.07, 6.45) is 1.72. The summed E-state index contributed by atoms with van der Waals surface area (Å²) in [5, 5.41) is 5.41. The van der Waals surface area contributed by atoms with Crippen LogP contribution < -0.4 is 0 Å². The summed E-state index contributed by atoms with van der Waals surface area (Å²) in [5.41, 5.74) is 2.37. The van der Waals surface area contributed by atoms with E-state index in [1.165, 1.54) is 7.11 Å². The Morgan fingerprint density at radius 3 is 2.62 bits per heavy atom. The Hall–Kier alpha value is -1.77. The number of pyridine rings is 1. The van der Waals surface area contributed by atoms with E-state index >= 15 is 0 Å². The van der Waals surface area contributed by atoms with Gasteiger partial charge in [0.05, 0.1) is 17.3 Å². The van der Waals surface area contributed by atoms with Crippen molar-refractivity contribution in [2.45, 2.75) is 4.90 Å². The Morgan fingerprint density at radius 2 is 1.96 bits per heavy atom. The van der Waals surface area contributed by atoms with Crippen molar-refractivity contribution in [1.29, 1.82) is 0 Å². The summed E-state index contributed by atoms with van der Waals surface area (Å²) in [4.78, 5) is 4.64. The number of hydrogen-bond donors (Lipinski definition) is 0. The number of sulfone groups is 1. The average Bonchev–Trinajstić information content (AvgIpc) is 2.89. The number of halogens is 1. The molecule has 0 aliphatic carbocycles. The first kappa shape index (κ1) is 17.1. The smallest absolute Gasteiger partial charge is 0.180 e. The highest BCUT2D eigenvalue weighted by molar-refractivity contribution is 9.10. The minimum absolute atomic E-state index is 0.0355. The van der Waals surface area contributed by atoms with E-state index < -0.39 is 9.84 Å². The number of aromatic nitrogens is 3. The third kappa shape index (κ3) is 3.22. The molecule has 0 spiro atoms. The zero-order valence-corrected chi connectivity index (χ0v) is 15.6. The first-order chi connectivity index (χ1) is 11.4. The van der Waals surface area contributed by atoms with Crippen LogP contribution in [0.3, 0.4) is 0 Å². The van der Waals surface area contributed by atoms with Crippen LogP contribution in [0.15, 0.2) is 45.9 Å². The zero-order chi connectivity index (χ0) is 17.3. The monoisotopic (exact) mass is 409 g/mol. The predicted molar refractivity (Wildman–Crippen MR) is 95.6 cm³/mol. The summed E-state index contributed by atoms with van der Waals surface area (Å²) < 4.78 is 31.8. The maximum absolute atomic E-state index is 12.2. The summed E-state index contributed by atoms with van der Waals surface area (Å²) in [7, 11) is -0.0231. The molecule has 0 saturated carbocycles. The van der Waals surface area contributed by atoms with Crippen LogP contribution in [0, 0.1) is 0 Å². The molecule has 0 amide bonds. The second-order valence-corrected chi connectivity index (χ2v) is 8.36. The Morgan fingerprint density at radius 1 is 1.25 bits per heavy atom. The molecule has 2 aromatic heterocycles. The molecule has 1 aromatic carbocycles. The Labute approximate surface area is 148 Å². The van der Waals surface area contributed by atoms with Gasteiger partial charge in [0.25, 0.3) is 0 Å². The van der Waals surface area contributed by atoms with Crippen molar-refractivity contribution in [2.24, 2.45) is 7.05 Å². The van der Waals surface area contributed by atoms with E-state index in [-0.39, 0.29) is 17.3 Å². The molecular formula is C16H16BrN3O3S. The van der Waals surface area contributed by atoms with Gasteiger partial charge in [-0.25, -0.2) is 18.1 Å². The molecule has 0 fully saturated rings. The molecule has 0 aliphatic rings. The maximum Gasteiger partial charge on any atom is 0.180 e. The lowest BCUT2D eigenvalue weighted by molar-refractivity contribution is 0.217. The van der Waals surface area contributed by atoms with Crippen LogP contribution in [0.5, 0.6) is 0 Å². The molecule has 3 rings (SSSR count). The van der Waals surface area contributed by atoms with E-state index in [1.807, 2.05) is 13.1 Å². The Bertz CT molecular complexity index is 982. The van der Waals surface area contributed by atoms with E-state index in [0.29, 0.717) is 0 Å². The van der Waals surface area contributed by atoms with Gasteiger partial charge in [0, 0.05) is 35.8 Å². The van der Waals surface area contributed by atoms with Crippen LogP contribution >= 0.6 is 15.9 Å². The third-order valence-electron chi connectivity index (χ3n) is 3.69. The van der Waals surface area contributed by atoms with Gasteiger partial charge in [0.15, 0.2) is 15.5 Å². The number of benzene rings is 1. The Balaban J connectivity index is 2.02. The number of aryl methyl sites for hydroxylation is 1. The minimum Gasteiger partial charge on any atom is -0.384 e. The fourth-order valence-electron chi connectivity index (χ4n) is 2.46. The van der Waals surface area contributed by atoms with Crippen molar-refractivity contribution in [3.63, 3.8) is 0 Å². The highest BCUT2D eigenvalue weighted by Gasteiger charge is 2.16. The summed E-state index contributed by atoms with van der Waals surface area (Å²) >= 11 is 3.42. The predicted octanol–water partition coefficient (Wildman–Crippen LogP) is 2.82. The van der Waals surface area contributed by atoms with Crippen LogP contribution in [-0.4, -0.2) is 42.7 Å². The van der Waals surface area contributed by atoms with Crippen LogP contribution in [0.25, 0.3) is 22.3 Å². The molecule has 0 bridgehead atoms. The van der Waals surface area contributed by atoms with Crippen molar-refractivity contribution in [2.75, 3.05) is 19.5 Å². The minimum atomic E-state index is -3.34. The molecule has 2 heterocycles. The van der Waals surface area contributed by atoms with Gasteiger partial charge in [-0.1, -0.05) is 12.1 Å². The Kier molecular flexibility index (Phi) is 4.71. The van der Waals surface area contributed by atoms with Gasteiger partial charge in [0.1, 0.15) is 5.69 Å². The highest BCUT2D eigenvalue weighted by Crippen LogP contribution is 2.29. The number of nitrogens with zero attached hydrogens (tertiary/aromatic N) is 3. The van der Waals surface area contributed by atoms with Crippen LogP contribution in [0.2, 0.25) is 0 Å². The van der Waals surface area contributed by atoms with E-state index in [0.717, 1.165) is 26.8 Å². The average molecular weight is 410 g/mol. The maximum atomic E-state index is 12.2. The van der Waals surface area contributed by atoms with Crippen molar-refractivity contribution in [3.8, 4) is 11.3 Å². The van der Waals surface area contributed by atoms with Gasteiger partial charge < -0.3 is 4.74 Å². The summed E-state index contributed by atoms with van der Waals surface area (Å²) in [6, 6.07) is 8.69. The molecule has 0 atom stereocenters. The second kappa shape index (κ2) is 6.62. The molecule has 0 unspecified atom stereocenters. The molecule has 0 N–H and O–H groups in total. The van der Waals surface area contributed by atoms with E-state index in [4.69, 9.17) is 4.74 Å². The number of rotatable bonds is 5. The molecule has 24 heavy (non-hydrogen) atoms. The second-order valence-electron chi connectivity index (χ2n) is 5.33. The molecule has 6 nitrogen and oxygen atoms in total. The largest absolute Gasteiger partial charge is 0.384 e. The molecule has 126 valence electrons. The summed E-state index contributed by atoms with van der Waals surface area (Å²) in [6.45, 7) is 0.175. The number of methoxy groups -OCH3 is 1. The SMILES string of the molecule is COCCS(=O)(=O)c1ccc(-c2nn(C)c3ncc(Br)cc23)cc1. The van der Waals surface area contributed by atoms with Gasteiger partial charge in [-0.2, -0.15) is 5.10 Å². The van der Waals surface area contributed by atoms with Crippen molar-refractivity contribution in [3.05, 3.63) is 41.0 Å². The lowest BCUT2D eigenvalue weighted by Gasteiger charge is -2.05. The van der Waals surface area contributed by atoms with E-state index in [2.05, 4.69) is 26.0 Å². The summed E-state index contributed by atoms with van der Waals surface area (Å²) in [5.74, 6) is -0.0355. The quantitative estimate of drug-likeness (QED) is 0.647. The topological polar surface area (TPSA) is 74.1 Å². The van der Waals surface area contributed by atoms with Gasteiger partial charge in [-0.3, -0.25) is 0 Å². The van der Waals surface area contributed by atoms with Crippen LogP contribution in [0.4, 0.5) is 0 Å². The molecule has 3 aromatic rings. The standard InChI is InChI=1S/C16H16BrN3O3S/c1-20-16-14(9-12(17)10-18-16)15(19-20)11-3-5-13(6-4-11)24(21,22)8-7-23-2/h3-6,9-10H,7-8H2,1-2H3. The number of hydrogen-bond acceptors (Lipinski definition) is 5. The third-order valence-corrected chi connectivity index (χ3v) is 5.82. The molecular weight excluding hydrogens is 394 g/mol. The van der Waals surface area contributed by atoms with E-state index in [1.54, 1.807) is 35.1 Å². The first-order valence-corrected chi connectivity index (χ1v) is 9.67. The molecule has 0 saturated heterocycles. The van der Waals surface area contributed by atoms with Crippen molar-refractivity contribution in [1.82, 2.24) is 14.8 Å².